The fourth-order valence-electron chi connectivity index (χ4n) is 1.50. The van der Waals surface area contributed by atoms with Crippen molar-refractivity contribution in [1.29, 1.82) is 0 Å². The Balaban J connectivity index is 2.86. The van der Waals surface area contributed by atoms with Gasteiger partial charge in [0.15, 0.2) is 0 Å². The predicted octanol–water partition coefficient (Wildman–Crippen LogP) is 3.64. The second-order valence-corrected chi connectivity index (χ2v) is 5.64. The van der Waals surface area contributed by atoms with E-state index >= 15 is 0 Å². The summed E-state index contributed by atoms with van der Waals surface area (Å²) in [4.78, 5) is 1.44. The molecule has 14 heavy (non-hydrogen) atoms. The average molecular weight is 209 g/mol. The number of hydrogen-bond acceptors (Lipinski definition) is 0. The molecule has 0 unspecified atom stereocenters. The summed E-state index contributed by atoms with van der Waals surface area (Å²) in [6, 6.07) is 0. The Morgan fingerprint density at radius 2 is 1.71 bits per heavy atom. The molecule has 0 N–H and O–H groups in total. The van der Waals surface area contributed by atoms with Crippen LogP contribution in [-0.4, -0.2) is 6.26 Å². The minimum absolute atomic E-state index is 0.281. The van der Waals surface area contributed by atoms with Gasteiger partial charge < -0.3 is 0 Å². The minimum atomic E-state index is 0.281. The fraction of sp³-hybridized carbons (Fsp3) is 0.538. The van der Waals surface area contributed by atoms with Crippen molar-refractivity contribution in [3.63, 3.8) is 0 Å². The standard InChI is InChI=1S/C13H20S/c1-13(2,3)11-7-5-6-8-12(14-4)10-9-11/h7-10H,5-6H2,1-4H3/p+1/b10-9-,11-7+,12-8?. The van der Waals surface area contributed by atoms with Crippen LogP contribution in [0, 0.1) is 5.41 Å². The highest BCUT2D eigenvalue weighted by molar-refractivity contribution is 7.82. The van der Waals surface area contributed by atoms with Gasteiger partial charge in [-0.1, -0.05) is 32.9 Å². The summed E-state index contributed by atoms with van der Waals surface area (Å²) < 4.78 is 0. The van der Waals surface area contributed by atoms with Crippen LogP contribution in [-0.2, 0) is 11.8 Å². The summed E-state index contributed by atoms with van der Waals surface area (Å²) in [5.41, 5.74) is 1.75. The second-order valence-electron chi connectivity index (χ2n) is 4.67. The lowest BCUT2D eigenvalue weighted by Crippen LogP contribution is -2.08. The summed E-state index contributed by atoms with van der Waals surface area (Å²) in [6.07, 6.45) is 13.8. The third kappa shape index (κ3) is 3.38. The van der Waals surface area contributed by atoms with E-state index < -0.39 is 0 Å². The summed E-state index contributed by atoms with van der Waals surface area (Å²) in [7, 11) is 0. The molecule has 0 amide bonds. The molecule has 0 fully saturated rings. The van der Waals surface area contributed by atoms with E-state index in [4.69, 9.17) is 0 Å². The molecular formula is C13H21S+. The molecule has 0 aromatic heterocycles. The third-order valence-electron chi connectivity index (χ3n) is 2.44. The monoisotopic (exact) mass is 209 g/mol. The first-order valence-electron chi connectivity index (χ1n) is 5.23. The van der Waals surface area contributed by atoms with Crippen molar-refractivity contribution in [2.24, 2.45) is 5.41 Å². The molecule has 0 heterocycles. The summed E-state index contributed by atoms with van der Waals surface area (Å²) in [5, 5.41) is 0. The summed E-state index contributed by atoms with van der Waals surface area (Å²) in [5.74, 6) is 0. The van der Waals surface area contributed by atoms with Crippen molar-refractivity contribution in [3.05, 3.63) is 34.8 Å². The van der Waals surface area contributed by atoms with Gasteiger partial charge in [-0.25, -0.2) is 0 Å². The van der Waals surface area contributed by atoms with Crippen molar-refractivity contribution < 1.29 is 0 Å². The maximum absolute atomic E-state index is 2.37. The van der Waals surface area contributed by atoms with Gasteiger partial charge in [0, 0.05) is 11.8 Å². The lowest BCUT2D eigenvalue weighted by Gasteiger charge is -2.20. The van der Waals surface area contributed by atoms with Gasteiger partial charge in [-0.3, -0.25) is 0 Å². The van der Waals surface area contributed by atoms with Crippen LogP contribution >= 0.6 is 0 Å². The summed E-state index contributed by atoms with van der Waals surface area (Å²) in [6.45, 7) is 6.83. The van der Waals surface area contributed by atoms with Crippen molar-refractivity contribution in [2.45, 2.75) is 33.6 Å². The van der Waals surface area contributed by atoms with Gasteiger partial charge in [0.1, 0.15) is 11.2 Å². The van der Waals surface area contributed by atoms with Crippen LogP contribution in [0.1, 0.15) is 33.6 Å². The predicted molar refractivity (Wildman–Crippen MR) is 68.7 cm³/mol. The Kier molecular flexibility index (Phi) is 4.06. The highest BCUT2D eigenvalue weighted by atomic mass is 32.2. The number of thiol groups is 1. The maximum Gasteiger partial charge on any atom is 0.148 e. The molecule has 0 atom stereocenters. The Morgan fingerprint density at radius 3 is 2.29 bits per heavy atom. The first kappa shape index (κ1) is 11.6. The Labute approximate surface area is 92.2 Å². The quantitative estimate of drug-likeness (QED) is 0.457. The topological polar surface area (TPSA) is 0 Å². The molecule has 78 valence electrons. The first-order valence-corrected chi connectivity index (χ1v) is 6.57. The average Bonchev–Trinajstić information content (AvgIpc) is 2.01. The van der Waals surface area contributed by atoms with Gasteiger partial charge in [0.05, 0.1) is 0 Å². The molecule has 0 nitrogen and oxygen atoms in total. The summed E-state index contributed by atoms with van der Waals surface area (Å²) >= 11 is 1.37. The maximum atomic E-state index is 2.37. The van der Waals surface area contributed by atoms with Gasteiger partial charge in [0.25, 0.3) is 0 Å². The normalized spacial score (nSPS) is 24.3. The van der Waals surface area contributed by atoms with Crippen LogP contribution in [0.15, 0.2) is 34.8 Å². The van der Waals surface area contributed by atoms with E-state index in [0.29, 0.717) is 0 Å². The van der Waals surface area contributed by atoms with Crippen molar-refractivity contribution in [3.8, 4) is 0 Å². The van der Waals surface area contributed by atoms with Crippen LogP contribution in [0.25, 0.3) is 0 Å². The SMILES string of the molecule is C[SH+]C1=CCC/C=C(C(C)(C)C)\C=C/1. The Morgan fingerprint density at radius 1 is 1.07 bits per heavy atom. The molecule has 0 spiro atoms. The van der Waals surface area contributed by atoms with Crippen LogP contribution < -0.4 is 0 Å². The smallest absolute Gasteiger partial charge is 0.0805 e. The van der Waals surface area contributed by atoms with E-state index in [1.165, 1.54) is 35.1 Å². The van der Waals surface area contributed by atoms with E-state index in [0.717, 1.165) is 0 Å². The van der Waals surface area contributed by atoms with Gasteiger partial charge in [-0.2, -0.15) is 0 Å². The molecule has 0 bridgehead atoms. The van der Waals surface area contributed by atoms with Gasteiger partial charge in [0.2, 0.25) is 0 Å². The Hall–Kier alpha value is -0.430. The molecule has 1 rings (SSSR count). The number of hydrogen-bond donors (Lipinski definition) is 0. The molecule has 0 radical (unpaired) electrons. The van der Waals surface area contributed by atoms with Crippen molar-refractivity contribution in [2.75, 3.05) is 6.26 Å². The minimum Gasteiger partial charge on any atom is -0.0805 e. The zero-order chi connectivity index (χ0) is 10.6. The van der Waals surface area contributed by atoms with Gasteiger partial charge in [-0.05, 0) is 36.0 Å². The fourth-order valence-corrected chi connectivity index (χ4v) is 2.04. The zero-order valence-electron chi connectivity index (χ0n) is 9.67. The molecule has 0 saturated carbocycles. The zero-order valence-corrected chi connectivity index (χ0v) is 10.6. The van der Waals surface area contributed by atoms with E-state index in [-0.39, 0.29) is 5.41 Å². The van der Waals surface area contributed by atoms with E-state index in [2.05, 4.69) is 51.3 Å². The second kappa shape index (κ2) is 4.88. The molecule has 0 aromatic carbocycles. The van der Waals surface area contributed by atoms with E-state index in [1.54, 1.807) is 0 Å². The van der Waals surface area contributed by atoms with Gasteiger partial charge in [-0.15, -0.1) is 0 Å². The molecule has 1 aliphatic rings. The molecule has 0 aliphatic heterocycles. The van der Waals surface area contributed by atoms with Crippen LogP contribution in [0.4, 0.5) is 0 Å². The lowest BCUT2D eigenvalue weighted by molar-refractivity contribution is 0.514. The Bertz CT molecular complexity index is 274. The molecule has 1 aliphatic carbocycles. The molecule has 1 heteroatoms. The van der Waals surface area contributed by atoms with E-state index in [1.807, 2.05) is 0 Å². The number of rotatable bonds is 1. The number of allylic oxidation sites excluding steroid dienone is 5. The van der Waals surface area contributed by atoms with Crippen molar-refractivity contribution >= 4 is 11.8 Å². The van der Waals surface area contributed by atoms with Crippen LogP contribution in [0.3, 0.4) is 0 Å². The van der Waals surface area contributed by atoms with E-state index in [9.17, 15) is 0 Å². The van der Waals surface area contributed by atoms with Crippen LogP contribution in [0.2, 0.25) is 0 Å². The molecular weight excluding hydrogens is 188 g/mol. The third-order valence-corrected chi connectivity index (χ3v) is 3.29. The van der Waals surface area contributed by atoms with Crippen molar-refractivity contribution in [1.82, 2.24) is 0 Å². The largest absolute Gasteiger partial charge is 0.148 e. The highest BCUT2D eigenvalue weighted by Gasteiger charge is 2.15. The van der Waals surface area contributed by atoms with Crippen LogP contribution in [0.5, 0.6) is 0 Å². The van der Waals surface area contributed by atoms with Gasteiger partial charge >= 0.3 is 0 Å². The lowest BCUT2D eigenvalue weighted by atomic mass is 9.85. The molecule has 0 saturated heterocycles. The molecule has 0 aromatic rings. The highest BCUT2D eigenvalue weighted by Crippen LogP contribution is 2.28. The first-order chi connectivity index (χ1) is 6.54.